The van der Waals surface area contributed by atoms with Gasteiger partial charge in [0.15, 0.2) is 0 Å². The van der Waals surface area contributed by atoms with Crippen molar-refractivity contribution in [2.75, 3.05) is 13.1 Å². The van der Waals surface area contributed by atoms with E-state index in [9.17, 15) is 0 Å². The van der Waals surface area contributed by atoms with Gasteiger partial charge in [0.25, 0.3) is 0 Å². The molecule has 0 bridgehead atoms. The third kappa shape index (κ3) is 44.6. The van der Waals surface area contributed by atoms with Gasteiger partial charge in [-0.15, -0.1) is 0 Å². The summed E-state index contributed by atoms with van der Waals surface area (Å²) in [5.41, 5.74) is 7.35. The second-order valence-corrected chi connectivity index (χ2v) is 2.41. The highest BCUT2D eigenvalue weighted by molar-refractivity contribution is 4.22. The van der Waals surface area contributed by atoms with Crippen LogP contribution in [0.1, 0.15) is 39.5 Å². The van der Waals surface area contributed by atoms with E-state index < -0.39 is 0 Å². The van der Waals surface area contributed by atoms with Gasteiger partial charge in [-0.1, -0.05) is 26.7 Å². The van der Waals surface area contributed by atoms with Crippen molar-refractivity contribution in [3.05, 3.63) is 0 Å². The Morgan fingerprint density at radius 2 is 1.00 bits per heavy atom. The Morgan fingerprint density at radius 3 is 1.00 bits per heavy atom. The van der Waals surface area contributed by atoms with Gasteiger partial charge in [-0.25, -0.2) is 0 Å². The minimum Gasteiger partial charge on any atom is -1.00 e. The van der Waals surface area contributed by atoms with Gasteiger partial charge in [-0.3, -0.25) is 0 Å². The number of unbranched alkanes of at least 4 members (excludes halogenated alkanes) is 2. The lowest BCUT2D eigenvalue weighted by molar-refractivity contribution is -0.368. The second-order valence-electron chi connectivity index (χ2n) is 2.41. The first kappa shape index (κ1) is 23.1. The highest BCUT2D eigenvalue weighted by Crippen LogP contribution is 1.76. The van der Waals surface area contributed by atoms with E-state index >= 15 is 0 Å². The maximum absolute atomic E-state index is 3.68. The number of hydrogen-bond donors (Lipinski definition) is 2. The van der Waals surface area contributed by atoms with E-state index in [-0.39, 0.29) is 34.0 Å². The van der Waals surface area contributed by atoms with Crippen molar-refractivity contribution in [2.24, 2.45) is 0 Å². The average molecular weight is 308 g/mol. The maximum Gasteiger partial charge on any atom is 0.0739 e. The van der Waals surface area contributed by atoms with Crippen molar-refractivity contribution in [2.45, 2.75) is 39.5 Å². The number of rotatable bonds is 4. The van der Waals surface area contributed by atoms with Crippen LogP contribution in [0.25, 0.3) is 0 Å². The van der Waals surface area contributed by atoms with Gasteiger partial charge in [-0.2, -0.15) is 0 Å². The molecule has 0 heterocycles. The first-order valence-electron chi connectivity index (χ1n) is 4.41. The Morgan fingerprint density at radius 1 is 0.750 bits per heavy atom. The molecule has 4 heteroatoms. The molecular formula is C8H24Br2N2. The van der Waals surface area contributed by atoms with Gasteiger partial charge >= 0.3 is 0 Å². The Hall–Kier alpha value is 0.880. The number of hydrogen-bond acceptors (Lipinski definition) is 0. The fraction of sp³-hybridized carbons (Fsp3) is 1.00. The molecule has 0 aliphatic carbocycles. The van der Waals surface area contributed by atoms with E-state index in [0.717, 1.165) is 13.1 Å². The van der Waals surface area contributed by atoms with Crippen LogP contribution in [0, 0.1) is 0 Å². The zero-order valence-electron chi connectivity index (χ0n) is 8.41. The SMILES string of the molecule is CCCC[NH3+].CCCC[NH3+].[Br-].[Br-]. The average Bonchev–Trinajstić information content (AvgIpc) is 1.93. The molecule has 0 unspecified atom stereocenters. The molecule has 0 aromatic rings. The highest BCUT2D eigenvalue weighted by atomic mass is 79.9. The highest BCUT2D eigenvalue weighted by Gasteiger charge is 1.71. The first-order chi connectivity index (χ1) is 4.83. The van der Waals surface area contributed by atoms with E-state index in [1.807, 2.05) is 0 Å². The summed E-state index contributed by atoms with van der Waals surface area (Å²) in [6, 6.07) is 0. The molecule has 0 aliphatic rings. The van der Waals surface area contributed by atoms with Crippen LogP contribution < -0.4 is 45.4 Å². The molecule has 6 N–H and O–H groups in total. The number of halogens is 2. The van der Waals surface area contributed by atoms with Crippen LogP contribution in [0.2, 0.25) is 0 Å². The summed E-state index contributed by atoms with van der Waals surface area (Å²) in [4.78, 5) is 0. The molecule has 0 atom stereocenters. The smallest absolute Gasteiger partial charge is 0.0739 e. The molecule has 2 nitrogen and oxygen atoms in total. The van der Waals surface area contributed by atoms with Crippen molar-refractivity contribution >= 4 is 0 Å². The van der Waals surface area contributed by atoms with E-state index in [4.69, 9.17) is 0 Å². The van der Waals surface area contributed by atoms with Gasteiger partial charge in [0.05, 0.1) is 13.1 Å². The maximum atomic E-state index is 3.68. The molecule has 0 amide bonds. The fourth-order valence-electron chi connectivity index (χ4n) is 0.500. The van der Waals surface area contributed by atoms with Gasteiger partial charge in [0.1, 0.15) is 0 Å². The van der Waals surface area contributed by atoms with Crippen molar-refractivity contribution in [1.82, 2.24) is 0 Å². The van der Waals surface area contributed by atoms with Crippen LogP contribution in [0.15, 0.2) is 0 Å². The third-order valence-electron chi connectivity index (χ3n) is 1.21. The molecule has 0 fully saturated rings. The van der Waals surface area contributed by atoms with Crippen molar-refractivity contribution in [3.8, 4) is 0 Å². The van der Waals surface area contributed by atoms with E-state index in [0.29, 0.717) is 0 Å². The Kier molecular flexibility index (Phi) is 57.1. The van der Waals surface area contributed by atoms with Crippen molar-refractivity contribution in [3.63, 3.8) is 0 Å². The van der Waals surface area contributed by atoms with Gasteiger partial charge in [0.2, 0.25) is 0 Å². The van der Waals surface area contributed by atoms with Crippen molar-refractivity contribution < 1.29 is 45.4 Å². The lowest BCUT2D eigenvalue weighted by Gasteiger charge is -1.77. The van der Waals surface area contributed by atoms with E-state index in [2.05, 4.69) is 25.3 Å². The van der Waals surface area contributed by atoms with Crippen LogP contribution in [0.4, 0.5) is 0 Å². The van der Waals surface area contributed by atoms with Crippen LogP contribution >= 0.6 is 0 Å². The van der Waals surface area contributed by atoms with E-state index in [1.165, 1.54) is 25.7 Å². The molecule has 0 aliphatic heterocycles. The normalized spacial score (nSPS) is 7.00. The van der Waals surface area contributed by atoms with Gasteiger partial charge in [0, 0.05) is 0 Å². The third-order valence-corrected chi connectivity index (χ3v) is 1.21. The zero-order chi connectivity index (χ0) is 8.24. The fourth-order valence-corrected chi connectivity index (χ4v) is 0.500. The minimum absolute atomic E-state index is 0. The largest absolute Gasteiger partial charge is 1.00 e. The molecule has 0 radical (unpaired) electrons. The molecule has 0 saturated carbocycles. The topological polar surface area (TPSA) is 55.3 Å². The van der Waals surface area contributed by atoms with Crippen LogP contribution in [0.3, 0.4) is 0 Å². The predicted octanol–water partition coefficient (Wildman–Crippen LogP) is -5.94. The molecule has 0 saturated heterocycles. The van der Waals surface area contributed by atoms with Crippen molar-refractivity contribution in [1.29, 1.82) is 0 Å². The molecule has 80 valence electrons. The molecule has 0 spiro atoms. The minimum atomic E-state index is 0. The monoisotopic (exact) mass is 306 g/mol. The summed E-state index contributed by atoms with van der Waals surface area (Å²) in [6.07, 6.45) is 5.12. The van der Waals surface area contributed by atoms with Crippen LogP contribution in [-0.4, -0.2) is 13.1 Å². The lowest BCUT2D eigenvalue weighted by atomic mass is 10.3. The quantitative estimate of drug-likeness (QED) is 0.520. The zero-order valence-corrected chi connectivity index (χ0v) is 11.6. The molecule has 0 rings (SSSR count). The summed E-state index contributed by atoms with van der Waals surface area (Å²) in [6.45, 7) is 6.53. The van der Waals surface area contributed by atoms with Crippen LogP contribution in [0.5, 0.6) is 0 Å². The molecule has 0 aromatic heterocycles. The second kappa shape index (κ2) is 29.7. The Balaban J connectivity index is -0.0000000457. The summed E-state index contributed by atoms with van der Waals surface area (Å²) < 4.78 is 0. The van der Waals surface area contributed by atoms with Gasteiger partial charge < -0.3 is 45.4 Å². The lowest BCUT2D eigenvalue weighted by Crippen LogP contribution is -3.00. The Bertz CT molecular complexity index is 36.0. The summed E-state index contributed by atoms with van der Waals surface area (Å²) in [5.74, 6) is 0. The predicted molar refractivity (Wildman–Crippen MR) is 45.3 cm³/mol. The summed E-state index contributed by atoms with van der Waals surface area (Å²) >= 11 is 0. The standard InChI is InChI=1S/2C4H11N.2BrH/c2*1-2-3-4-5;;/h2*2-5H2,1H3;2*1H. The first-order valence-corrected chi connectivity index (χ1v) is 4.41. The van der Waals surface area contributed by atoms with E-state index in [1.54, 1.807) is 0 Å². The van der Waals surface area contributed by atoms with Gasteiger partial charge in [-0.05, 0) is 12.8 Å². The summed E-state index contributed by atoms with van der Waals surface area (Å²) in [7, 11) is 0. The summed E-state index contributed by atoms with van der Waals surface area (Å²) in [5, 5.41) is 0. The molecule has 12 heavy (non-hydrogen) atoms. The number of quaternary nitrogens is 2. The Labute approximate surface area is 98.0 Å². The molecule has 0 aromatic carbocycles. The molecular weight excluding hydrogens is 284 g/mol. The van der Waals surface area contributed by atoms with Crippen LogP contribution in [-0.2, 0) is 0 Å².